The molecule has 3 aliphatic rings. The quantitative estimate of drug-likeness (QED) is 0.717. The Kier molecular flexibility index (Phi) is 4.83. The van der Waals surface area contributed by atoms with Gasteiger partial charge in [-0.05, 0) is 89.8 Å². The average molecular weight is 276 g/mol. The van der Waals surface area contributed by atoms with Crippen molar-refractivity contribution in [1.82, 2.24) is 10.2 Å². The van der Waals surface area contributed by atoms with Gasteiger partial charge in [-0.2, -0.15) is 0 Å². The lowest BCUT2D eigenvalue weighted by atomic mass is 9.96. The van der Waals surface area contributed by atoms with E-state index in [0.29, 0.717) is 0 Å². The van der Waals surface area contributed by atoms with Crippen LogP contribution in [0.3, 0.4) is 0 Å². The van der Waals surface area contributed by atoms with E-state index in [-0.39, 0.29) is 0 Å². The number of rotatable bonds is 7. The number of piperidine rings is 1. The van der Waals surface area contributed by atoms with Gasteiger partial charge in [0.25, 0.3) is 0 Å². The lowest BCUT2D eigenvalue weighted by Gasteiger charge is -2.33. The summed E-state index contributed by atoms with van der Waals surface area (Å²) in [6.07, 6.45) is 11.1. The summed E-state index contributed by atoms with van der Waals surface area (Å²) in [5, 5.41) is 3.91. The van der Waals surface area contributed by atoms with Gasteiger partial charge >= 0.3 is 0 Å². The molecule has 3 rings (SSSR count). The molecule has 114 valence electrons. The van der Waals surface area contributed by atoms with Crippen molar-refractivity contribution in [3.8, 4) is 0 Å². The highest BCUT2D eigenvalue weighted by Gasteiger charge is 2.41. The molecule has 0 amide bonds. The van der Waals surface area contributed by atoms with Crippen LogP contribution in [0.5, 0.6) is 0 Å². The molecule has 2 nitrogen and oxygen atoms in total. The molecule has 0 radical (unpaired) electrons. The minimum Gasteiger partial charge on any atom is -0.314 e. The van der Waals surface area contributed by atoms with Crippen LogP contribution < -0.4 is 5.32 Å². The van der Waals surface area contributed by atoms with Crippen molar-refractivity contribution in [1.29, 1.82) is 0 Å². The predicted molar refractivity (Wildman–Crippen MR) is 85.8 cm³/mol. The lowest BCUT2D eigenvalue weighted by Crippen LogP contribution is -2.44. The van der Waals surface area contributed by atoms with Crippen LogP contribution in [-0.2, 0) is 0 Å². The predicted octanol–water partition coefficient (Wildman–Crippen LogP) is 3.44. The first-order chi connectivity index (χ1) is 9.72. The first kappa shape index (κ1) is 14.6. The zero-order valence-electron chi connectivity index (χ0n) is 13.4. The van der Waals surface area contributed by atoms with E-state index in [9.17, 15) is 0 Å². The van der Waals surface area contributed by atoms with Crippen LogP contribution in [0.4, 0.5) is 0 Å². The van der Waals surface area contributed by atoms with Crippen LogP contribution in [-0.4, -0.2) is 37.1 Å². The van der Waals surface area contributed by atoms with Crippen LogP contribution in [0, 0.1) is 17.8 Å². The van der Waals surface area contributed by atoms with Crippen LogP contribution in [0.25, 0.3) is 0 Å². The Morgan fingerprint density at radius 3 is 2.15 bits per heavy atom. The second kappa shape index (κ2) is 6.62. The summed E-state index contributed by atoms with van der Waals surface area (Å²) in [5.41, 5.74) is 1.45. The van der Waals surface area contributed by atoms with Crippen molar-refractivity contribution in [3.05, 3.63) is 11.6 Å². The molecule has 1 aliphatic heterocycles. The van der Waals surface area contributed by atoms with Crippen molar-refractivity contribution in [2.75, 3.05) is 26.2 Å². The van der Waals surface area contributed by atoms with Crippen molar-refractivity contribution >= 4 is 0 Å². The normalized spacial score (nSPS) is 25.1. The van der Waals surface area contributed by atoms with Gasteiger partial charge in [0, 0.05) is 12.6 Å². The third kappa shape index (κ3) is 4.33. The van der Waals surface area contributed by atoms with Gasteiger partial charge in [0.2, 0.25) is 0 Å². The fourth-order valence-corrected chi connectivity index (χ4v) is 3.70. The van der Waals surface area contributed by atoms with Crippen LogP contribution in [0.1, 0.15) is 52.4 Å². The number of nitrogens with zero attached hydrogens (tertiary/aromatic N) is 1. The molecule has 0 atom stereocenters. The minimum absolute atomic E-state index is 0.790. The van der Waals surface area contributed by atoms with Gasteiger partial charge in [-0.25, -0.2) is 0 Å². The van der Waals surface area contributed by atoms with Gasteiger partial charge in [-0.15, -0.1) is 0 Å². The molecule has 1 heterocycles. The molecule has 0 aromatic carbocycles. The number of hydrogen-bond acceptors (Lipinski definition) is 2. The third-order valence-corrected chi connectivity index (χ3v) is 5.44. The van der Waals surface area contributed by atoms with E-state index in [1.165, 1.54) is 63.7 Å². The standard InChI is InChI=1S/C18H32N2/c1-14(2)7-10-20-11-8-17(9-12-20)19-13-18(15-3-4-15)16-5-6-16/h7,15-19H,3-6,8-13H2,1-2H3. The molecule has 20 heavy (non-hydrogen) atoms. The maximum atomic E-state index is 3.91. The molecular weight excluding hydrogens is 244 g/mol. The molecule has 0 aromatic rings. The molecule has 2 aliphatic carbocycles. The molecule has 0 aromatic heterocycles. The van der Waals surface area contributed by atoms with Crippen molar-refractivity contribution in [2.45, 2.75) is 58.4 Å². The Bertz CT molecular complexity index is 317. The number of likely N-dealkylation sites (tertiary alicyclic amines) is 1. The van der Waals surface area contributed by atoms with Crippen LogP contribution >= 0.6 is 0 Å². The average Bonchev–Trinajstić information content (AvgIpc) is 3.31. The second-order valence-corrected chi connectivity index (χ2v) is 7.60. The third-order valence-electron chi connectivity index (χ3n) is 5.44. The van der Waals surface area contributed by atoms with E-state index in [2.05, 4.69) is 30.1 Å². The van der Waals surface area contributed by atoms with Gasteiger partial charge in [-0.1, -0.05) is 11.6 Å². The summed E-state index contributed by atoms with van der Waals surface area (Å²) in [5.74, 6) is 3.21. The topological polar surface area (TPSA) is 15.3 Å². The van der Waals surface area contributed by atoms with E-state index >= 15 is 0 Å². The molecule has 2 saturated carbocycles. The summed E-state index contributed by atoms with van der Waals surface area (Å²) in [6.45, 7) is 9.42. The summed E-state index contributed by atoms with van der Waals surface area (Å²) in [4.78, 5) is 2.60. The minimum atomic E-state index is 0.790. The maximum Gasteiger partial charge on any atom is 0.0165 e. The Labute approximate surface area is 125 Å². The SMILES string of the molecule is CC(C)=CCN1CCC(NCC(C2CC2)C2CC2)CC1. The Morgan fingerprint density at radius 1 is 1.05 bits per heavy atom. The van der Waals surface area contributed by atoms with Crippen LogP contribution in [0.2, 0.25) is 0 Å². The highest BCUT2D eigenvalue weighted by Crippen LogP contribution is 2.48. The first-order valence-corrected chi connectivity index (χ1v) is 8.81. The Balaban J connectivity index is 1.34. The second-order valence-electron chi connectivity index (χ2n) is 7.60. The first-order valence-electron chi connectivity index (χ1n) is 8.81. The fourth-order valence-electron chi connectivity index (χ4n) is 3.70. The largest absolute Gasteiger partial charge is 0.314 e. The van der Waals surface area contributed by atoms with E-state index in [4.69, 9.17) is 0 Å². The molecular formula is C18H32N2. The van der Waals surface area contributed by atoms with E-state index < -0.39 is 0 Å². The van der Waals surface area contributed by atoms with Crippen LogP contribution in [0.15, 0.2) is 11.6 Å². The van der Waals surface area contributed by atoms with Gasteiger partial charge < -0.3 is 5.32 Å². The summed E-state index contributed by atoms with van der Waals surface area (Å²) >= 11 is 0. The van der Waals surface area contributed by atoms with Gasteiger partial charge in [0.15, 0.2) is 0 Å². The van der Waals surface area contributed by atoms with E-state index in [1.54, 1.807) is 0 Å². The molecule has 2 heteroatoms. The molecule has 0 bridgehead atoms. The van der Waals surface area contributed by atoms with Crippen molar-refractivity contribution in [2.24, 2.45) is 17.8 Å². The molecule has 1 saturated heterocycles. The zero-order valence-corrected chi connectivity index (χ0v) is 13.4. The highest BCUT2D eigenvalue weighted by molar-refractivity contribution is 4.96. The van der Waals surface area contributed by atoms with Gasteiger partial charge in [0.05, 0.1) is 0 Å². The lowest BCUT2D eigenvalue weighted by molar-refractivity contribution is 0.207. The number of nitrogens with one attached hydrogen (secondary N) is 1. The molecule has 0 spiro atoms. The fraction of sp³-hybridized carbons (Fsp3) is 0.889. The number of hydrogen-bond donors (Lipinski definition) is 1. The van der Waals surface area contributed by atoms with E-state index in [0.717, 1.165) is 30.3 Å². The zero-order chi connectivity index (χ0) is 13.9. The highest BCUT2D eigenvalue weighted by atomic mass is 15.1. The van der Waals surface area contributed by atoms with Crippen molar-refractivity contribution in [3.63, 3.8) is 0 Å². The number of allylic oxidation sites excluding steroid dienone is 1. The van der Waals surface area contributed by atoms with Gasteiger partial charge in [0.1, 0.15) is 0 Å². The molecule has 0 unspecified atom stereocenters. The monoisotopic (exact) mass is 276 g/mol. The van der Waals surface area contributed by atoms with E-state index in [1.807, 2.05) is 0 Å². The summed E-state index contributed by atoms with van der Waals surface area (Å²) in [7, 11) is 0. The molecule has 3 fully saturated rings. The summed E-state index contributed by atoms with van der Waals surface area (Å²) < 4.78 is 0. The maximum absolute atomic E-state index is 3.91. The molecule has 1 N–H and O–H groups in total. The Hall–Kier alpha value is -0.340. The van der Waals surface area contributed by atoms with Crippen molar-refractivity contribution < 1.29 is 0 Å². The summed E-state index contributed by atoms with van der Waals surface area (Å²) in [6, 6.07) is 0.790. The smallest absolute Gasteiger partial charge is 0.0165 e. The van der Waals surface area contributed by atoms with Gasteiger partial charge in [-0.3, -0.25) is 4.90 Å². The Morgan fingerprint density at radius 2 is 1.65 bits per heavy atom.